The van der Waals surface area contributed by atoms with E-state index in [4.69, 9.17) is 16.3 Å². The van der Waals surface area contributed by atoms with Gasteiger partial charge in [-0.3, -0.25) is 9.78 Å². The van der Waals surface area contributed by atoms with E-state index in [9.17, 15) is 18.0 Å². The summed E-state index contributed by atoms with van der Waals surface area (Å²) in [6.45, 7) is 1.55. The van der Waals surface area contributed by atoms with E-state index in [1.54, 1.807) is 24.3 Å². The van der Waals surface area contributed by atoms with Crippen molar-refractivity contribution in [2.45, 2.75) is 25.6 Å². The minimum Gasteiger partial charge on any atom is -0.460 e. The first-order valence-corrected chi connectivity index (χ1v) is 7.10. The molecular formula is C16H13ClF3NO2. The fourth-order valence-electron chi connectivity index (χ4n) is 1.89. The van der Waals surface area contributed by atoms with Crippen LogP contribution >= 0.6 is 11.6 Å². The van der Waals surface area contributed by atoms with Gasteiger partial charge in [0, 0.05) is 6.20 Å². The second-order valence-electron chi connectivity index (χ2n) is 4.90. The van der Waals surface area contributed by atoms with Crippen LogP contribution in [0.5, 0.6) is 0 Å². The van der Waals surface area contributed by atoms with Crippen molar-refractivity contribution in [3.8, 4) is 0 Å². The van der Waals surface area contributed by atoms with E-state index in [1.165, 1.54) is 6.92 Å². The van der Waals surface area contributed by atoms with Crippen molar-refractivity contribution in [1.29, 1.82) is 0 Å². The summed E-state index contributed by atoms with van der Waals surface area (Å²) in [6, 6.07) is 9.79. The number of ether oxygens (including phenoxy) is 1. The molecule has 0 spiro atoms. The summed E-state index contributed by atoms with van der Waals surface area (Å²) in [6.07, 6.45) is -3.88. The SMILES string of the molecule is C[C@H](C(=O)OCc1ccccc1)c1ncc(C(F)(F)F)cc1Cl. The van der Waals surface area contributed by atoms with E-state index in [0.29, 0.717) is 6.20 Å². The van der Waals surface area contributed by atoms with Gasteiger partial charge in [0.05, 0.1) is 22.2 Å². The van der Waals surface area contributed by atoms with Gasteiger partial charge in [-0.05, 0) is 18.6 Å². The number of esters is 1. The fourth-order valence-corrected chi connectivity index (χ4v) is 2.22. The molecule has 2 aromatic rings. The van der Waals surface area contributed by atoms with Crippen molar-refractivity contribution in [1.82, 2.24) is 4.98 Å². The van der Waals surface area contributed by atoms with E-state index in [-0.39, 0.29) is 17.3 Å². The van der Waals surface area contributed by atoms with Gasteiger partial charge in [0.2, 0.25) is 0 Å². The number of benzene rings is 1. The molecule has 2 rings (SSSR count). The van der Waals surface area contributed by atoms with Gasteiger partial charge in [0.15, 0.2) is 0 Å². The molecule has 23 heavy (non-hydrogen) atoms. The van der Waals surface area contributed by atoms with Crippen LogP contribution in [0.2, 0.25) is 5.02 Å². The van der Waals surface area contributed by atoms with Crippen molar-refractivity contribution < 1.29 is 22.7 Å². The fraction of sp³-hybridized carbons (Fsp3) is 0.250. The Labute approximate surface area is 136 Å². The van der Waals surface area contributed by atoms with E-state index in [0.717, 1.165) is 11.6 Å². The van der Waals surface area contributed by atoms with Gasteiger partial charge in [0.1, 0.15) is 6.61 Å². The minimum absolute atomic E-state index is 0.0535. The van der Waals surface area contributed by atoms with Crippen LogP contribution in [0.4, 0.5) is 13.2 Å². The van der Waals surface area contributed by atoms with Gasteiger partial charge in [-0.25, -0.2) is 0 Å². The number of carbonyl (C=O) groups excluding carboxylic acids is 1. The molecule has 1 heterocycles. The number of alkyl halides is 3. The summed E-state index contributed by atoms with van der Waals surface area (Å²) in [7, 11) is 0. The number of aromatic nitrogens is 1. The molecule has 0 aliphatic heterocycles. The molecule has 0 aliphatic carbocycles. The van der Waals surface area contributed by atoms with Crippen LogP contribution in [0.1, 0.15) is 29.7 Å². The first kappa shape index (κ1) is 17.3. The lowest BCUT2D eigenvalue weighted by Gasteiger charge is -2.14. The predicted octanol–water partition coefficient (Wildman–Crippen LogP) is 4.60. The lowest BCUT2D eigenvalue weighted by Crippen LogP contribution is -2.16. The summed E-state index contributed by atoms with van der Waals surface area (Å²) in [5.74, 6) is -1.48. The third-order valence-corrected chi connectivity index (χ3v) is 3.49. The molecule has 1 aromatic carbocycles. The molecule has 0 unspecified atom stereocenters. The van der Waals surface area contributed by atoms with E-state index in [1.807, 2.05) is 6.07 Å². The molecule has 1 aromatic heterocycles. The zero-order valence-electron chi connectivity index (χ0n) is 12.1. The largest absolute Gasteiger partial charge is 0.460 e. The molecule has 122 valence electrons. The maximum atomic E-state index is 12.6. The molecule has 3 nitrogen and oxygen atoms in total. The summed E-state index contributed by atoms with van der Waals surface area (Å²) in [5, 5.41) is -0.219. The highest BCUT2D eigenvalue weighted by Crippen LogP contribution is 2.33. The Bertz CT molecular complexity index is 689. The van der Waals surface area contributed by atoms with E-state index in [2.05, 4.69) is 4.98 Å². The van der Waals surface area contributed by atoms with Gasteiger partial charge in [-0.1, -0.05) is 41.9 Å². The molecule has 0 amide bonds. The van der Waals surface area contributed by atoms with Crippen LogP contribution in [0.15, 0.2) is 42.6 Å². The lowest BCUT2D eigenvalue weighted by molar-refractivity contribution is -0.146. The van der Waals surface area contributed by atoms with Gasteiger partial charge in [-0.15, -0.1) is 0 Å². The van der Waals surface area contributed by atoms with Crippen LogP contribution in [0.3, 0.4) is 0 Å². The maximum Gasteiger partial charge on any atom is 0.417 e. The number of hydrogen-bond acceptors (Lipinski definition) is 3. The lowest BCUT2D eigenvalue weighted by atomic mass is 10.1. The normalized spacial score (nSPS) is 12.7. The van der Waals surface area contributed by atoms with Crippen molar-refractivity contribution >= 4 is 17.6 Å². The van der Waals surface area contributed by atoms with Crippen molar-refractivity contribution in [2.24, 2.45) is 0 Å². The molecule has 0 N–H and O–H groups in total. The zero-order chi connectivity index (χ0) is 17.0. The van der Waals surface area contributed by atoms with Crippen molar-refractivity contribution in [2.75, 3.05) is 0 Å². The number of hydrogen-bond donors (Lipinski definition) is 0. The Morgan fingerprint density at radius 1 is 1.30 bits per heavy atom. The average molecular weight is 344 g/mol. The Kier molecular flexibility index (Phi) is 5.26. The summed E-state index contributed by atoms with van der Waals surface area (Å²) >= 11 is 5.82. The Morgan fingerprint density at radius 2 is 1.96 bits per heavy atom. The number of halogens is 4. The number of pyridine rings is 1. The first-order chi connectivity index (χ1) is 10.8. The Morgan fingerprint density at radius 3 is 2.52 bits per heavy atom. The molecule has 0 saturated heterocycles. The van der Waals surface area contributed by atoms with Crippen LogP contribution in [0, 0.1) is 0 Å². The number of rotatable bonds is 4. The van der Waals surface area contributed by atoms with Crippen LogP contribution in [-0.4, -0.2) is 11.0 Å². The number of nitrogens with zero attached hydrogens (tertiary/aromatic N) is 1. The van der Waals surface area contributed by atoms with Crippen LogP contribution in [0.25, 0.3) is 0 Å². The van der Waals surface area contributed by atoms with Crippen molar-refractivity contribution in [3.05, 3.63) is 64.4 Å². The van der Waals surface area contributed by atoms with E-state index < -0.39 is 23.6 Å². The molecule has 1 atom stereocenters. The Hall–Kier alpha value is -2.08. The minimum atomic E-state index is -4.54. The molecule has 0 bridgehead atoms. The molecular weight excluding hydrogens is 331 g/mol. The highest BCUT2D eigenvalue weighted by molar-refractivity contribution is 6.31. The average Bonchev–Trinajstić information content (AvgIpc) is 2.52. The predicted molar refractivity (Wildman–Crippen MR) is 78.9 cm³/mol. The highest BCUT2D eigenvalue weighted by Gasteiger charge is 2.32. The quantitative estimate of drug-likeness (QED) is 0.761. The monoisotopic (exact) mass is 343 g/mol. The van der Waals surface area contributed by atoms with Gasteiger partial charge in [0.25, 0.3) is 0 Å². The third kappa shape index (κ3) is 4.45. The summed E-state index contributed by atoms with van der Waals surface area (Å²) < 4.78 is 42.9. The third-order valence-electron chi connectivity index (χ3n) is 3.18. The highest BCUT2D eigenvalue weighted by atomic mass is 35.5. The summed E-state index contributed by atoms with van der Waals surface area (Å²) in [5.41, 5.74) is -0.103. The first-order valence-electron chi connectivity index (χ1n) is 6.72. The second-order valence-corrected chi connectivity index (χ2v) is 5.31. The van der Waals surface area contributed by atoms with Gasteiger partial charge < -0.3 is 4.74 Å². The zero-order valence-corrected chi connectivity index (χ0v) is 12.9. The molecule has 0 saturated carbocycles. The van der Waals surface area contributed by atoms with E-state index >= 15 is 0 Å². The molecule has 0 fully saturated rings. The molecule has 0 aliphatic rings. The molecule has 7 heteroatoms. The van der Waals surface area contributed by atoms with Crippen LogP contribution < -0.4 is 0 Å². The second kappa shape index (κ2) is 7.00. The van der Waals surface area contributed by atoms with Crippen molar-refractivity contribution in [3.63, 3.8) is 0 Å². The van der Waals surface area contributed by atoms with Gasteiger partial charge >= 0.3 is 12.1 Å². The standard InChI is InChI=1S/C16H13ClF3NO2/c1-10(15(22)23-9-11-5-3-2-4-6-11)14-13(17)7-12(8-21-14)16(18,19)20/h2-8,10H,9H2,1H3/t10-/m0/s1. The molecule has 0 radical (unpaired) electrons. The Balaban J connectivity index is 2.07. The van der Waals surface area contributed by atoms with Crippen LogP contribution in [-0.2, 0) is 22.3 Å². The summed E-state index contributed by atoms with van der Waals surface area (Å²) in [4.78, 5) is 15.7. The maximum absolute atomic E-state index is 12.6. The topological polar surface area (TPSA) is 39.2 Å². The van der Waals surface area contributed by atoms with Gasteiger partial charge in [-0.2, -0.15) is 13.2 Å². The smallest absolute Gasteiger partial charge is 0.417 e. The number of carbonyl (C=O) groups is 1.